The summed E-state index contributed by atoms with van der Waals surface area (Å²) in [6, 6.07) is 72.6. The van der Waals surface area contributed by atoms with Crippen molar-refractivity contribution in [1.82, 2.24) is 0 Å². The average molecular weight is 769 g/mol. The van der Waals surface area contributed by atoms with Crippen LogP contribution in [0.15, 0.2) is 194 Å². The summed E-state index contributed by atoms with van der Waals surface area (Å²) in [7, 11) is 0. The van der Waals surface area contributed by atoms with Crippen LogP contribution in [0.2, 0.25) is 0 Å². The molecule has 268 valence electrons. The summed E-state index contributed by atoms with van der Waals surface area (Å²) < 4.78 is 5.38. The van der Waals surface area contributed by atoms with Crippen LogP contribution in [0.1, 0.15) is 0 Å². The number of fused-ring (bicyclic) bond motifs is 13. The molecule has 0 saturated heterocycles. The van der Waals surface area contributed by atoms with Gasteiger partial charge in [-0.05, 0) is 124 Å². The maximum Gasteiger partial charge on any atom is 0.0361 e. The van der Waals surface area contributed by atoms with Gasteiger partial charge in [-0.25, -0.2) is 0 Å². The molecule has 0 N–H and O–H groups in total. The first-order chi connectivity index (χ1) is 28.7. The molecule has 0 aliphatic carbocycles. The van der Waals surface area contributed by atoms with Gasteiger partial charge in [0, 0.05) is 40.3 Å². The van der Waals surface area contributed by atoms with Gasteiger partial charge in [-0.15, -0.1) is 22.7 Å². The highest BCUT2D eigenvalue weighted by Crippen LogP contribution is 2.47. The summed E-state index contributed by atoms with van der Waals surface area (Å²) in [4.78, 5) is 0. The van der Waals surface area contributed by atoms with E-state index >= 15 is 0 Å². The van der Waals surface area contributed by atoms with Crippen molar-refractivity contribution < 1.29 is 0 Å². The van der Waals surface area contributed by atoms with Crippen LogP contribution in [-0.4, -0.2) is 0 Å². The molecule has 58 heavy (non-hydrogen) atoms. The third kappa shape index (κ3) is 4.68. The molecular weight excluding hydrogens is 737 g/mol. The fourth-order valence-corrected chi connectivity index (χ4v) is 12.1. The quantitative estimate of drug-likeness (QED) is 0.157. The number of hydrogen-bond donors (Lipinski definition) is 0. The summed E-state index contributed by atoms with van der Waals surface area (Å²) in [5.41, 5.74) is 7.60. The number of thiophene rings is 2. The highest BCUT2D eigenvalue weighted by atomic mass is 32.1. The van der Waals surface area contributed by atoms with Crippen molar-refractivity contribution in [1.29, 1.82) is 0 Å². The minimum atomic E-state index is 1.24. The Labute approximate surface area is 342 Å². The van der Waals surface area contributed by atoms with Crippen LogP contribution >= 0.6 is 22.7 Å². The number of rotatable bonds is 3. The molecule has 0 spiro atoms. The molecule has 0 atom stereocenters. The second kappa shape index (κ2) is 12.3. The lowest BCUT2D eigenvalue weighted by molar-refractivity contribution is 1.67. The summed E-state index contributed by atoms with van der Waals surface area (Å²) in [6.45, 7) is 0. The van der Waals surface area contributed by atoms with Crippen LogP contribution < -0.4 is 0 Å². The molecule has 0 bridgehead atoms. The zero-order valence-corrected chi connectivity index (χ0v) is 32.9. The van der Waals surface area contributed by atoms with Gasteiger partial charge in [-0.3, -0.25) is 0 Å². The lowest BCUT2D eigenvalue weighted by atomic mass is 9.84. The molecule has 0 aliphatic heterocycles. The van der Waals surface area contributed by atoms with E-state index in [1.165, 1.54) is 128 Å². The monoisotopic (exact) mass is 768 g/mol. The third-order valence-electron chi connectivity index (χ3n) is 12.4. The highest BCUT2D eigenvalue weighted by molar-refractivity contribution is 7.26. The van der Waals surface area contributed by atoms with Crippen molar-refractivity contribution >= 4 is 117 Å². The Kier molecular flexibility index (Phi) is 6.86. The van der Waals surface area contributed by atoms with Gasteiger partial charge in [-0.1, -0.05) is 158 Å². The minimum Gasteiger partial charge on any atom is -0.135 e. The van der Waals surface area contributed by atoms with Crippen molar-refractivity contribution in [2.24, 2.45) is 0 Å². The molecule has 13 rings (SSSR count). The van der Waals surface area contributed by atoms with Gasteiger partial charge in [0.2, 0.25) is 0 Å². The minimum absolute atomic E-state index is 1.24. The van der Waals surface area contributed by atoms with Gasteiger partial charge in [0.1, 0.15) is 0 Å². The predicted octanol–water partition coefficient (Wildman–Crippen LogP) is 17.2. The van der Waals surface area contributed by atoms with E-state index in [2.05, 4.69) is 194 Å². The largest absolute Gasteiger partial charge is 0.135 e. The predicted molar refractivity (Wildman–Crippen MR) is 256 cm³/mol. The highest BCUT2D eigenvalue weighted by Gasteiger charge is 2.19. The molecule has 13 aromatic rings. The Bertz CT molecular complexity index is 3800. The topological polar surface area (TPSA) is 0 Å². The van der Waals surface area contributed by atoms with Gasteiger partial charge >= 0.3 is 0 Å². The van der Waals surface area contributed by atoms with Crippen molar-refractivity contribution in [2.45, 2.75) is 0 Å². The van der Waals surface area contributed by atoms with Gasteiger partial charge in [0.05, 0.1) is 0 Å². The summed E-state index contributed by atoms with van der Waals surface area (Å²) in [5.74, 6) is 0. The van der Waals surface area contributed by atoms with Gasteiger partial charge in [0.15, 0.2) is 0 Å². The molecule has 0 fully saturated rings. The van der Waals surface area contributed by atoms with Crippen LogP contribution in [0, 0.1) is 0 Å². The van der Waals surface area contributed by atoms with Crippen molar-refractivity contribution in [3.05, 3.63) is 194 Å². The van der Waals surface area contributed by atoms with Crippen molar-refractivity contribution in [3.63, 3.8) is 0 Å². The van der Waals surface area contributed by atoms with E-state index in [0.29, 0.717) is 0 Å². The van der Waals surface area contributed by atoms with Gasteiger partial charge < -0.3 is 0 Å². The second-order valence-electron chi connectivity index (χ2n) is 15.5. The molecule has 0 saturated carbocycles. The molecule has 0 radical (unpaired) electrons. The SMILES string of the molecule is c1ccc2c(-c3c4ccccc4c(-c4ccc5cc(-c6ccc7c(c6)sc6ccc8c(ccc9sc%10ccccc%10c98)c67)ccc5c4)c4ccccc34)cccc2c1. The molecule has 11 aromatic carbocycles. The van der Waals surface area contributed by atoms with E-state index in [9.17, 15) is 0 Å². The van der Waals surface area contributed by atoms with Crippen LogP contribution in [0.5, 0.6) is 0 Å². The van der Waals surface area contributed by atoms with Crippen LogP contribution in [0.4, 0.5) is 0 Å². The first-order valence-electron chi connectivity index (χ1n) is 19.9. The lowest BCUT2D eigenvalue weighted by Gasteiger charge is -2.19. The maximum absolute atomic E-state index is 2.40. The van der Waals surface area contributed by atoms with Crippen LogP contribution in [-0.2, 0) is 0 Å². The Morgan fingerprint density at radius 3 is 1.43 bits per heavy atom. The Balaban J connectivity index is 0.933. The Morgan fingerprint density at radius 2 is 0.724 bits per heavy atom. The zero-order chi connectivity index (χ0) is 37.9. The Morgan fingerprint density at radius 1 is 0.241 bits per heavy atom. The van der Waals surface area contributed by atoms with E-state index in [1.807, 2.05) is 22.7 Å². The first-order valence-corrected chi connectivity index (χ1v) is 21.5. The molecule has 0 nitrogen and oxygen atoms in total. The maximum atomic E-state index is 2.40. The average Bonchev–Trinajstić information content (AvgIpc) is 3.86. The van der Waals surface area contributed by atoms with Crippen molar-refractivity contribution in [2.75, 3.05) is 0 Å². The molecule has 2 heterocycles. The van der Waals surface area contributed by atoms with Crippen LogP contribution in [0.25, 0.3) is 128 Å². The molecule has 0 amide bonds. The number of benzene rings is 11. The van der Waals surface area contributed by atoms with E-state index in [-0.39, 0.29) is 0 Å². The first kappa shape index (κ1) is 32.3. The smallest absolute Gasteiger partial charge is 0.0361 e. The Hall–Kier alpha value is -6.84. The molecule has 0 unspecified atom stereocenters. The molecule has 2 heteroatoms. The summed E-state index contributed by atoms with van der Waals surface area (Å²) in [6.07, 6.45) is 0. The van der Waals surface area contributed by atoms with E-state index in [4.69, 9.17) is 0 Å². The second-order valence-corrected chi connectivity index (χ2v) is 17.7. The fourth-order valence-electron chi connectivity index (χ4n) is 9.84. The molecule has 2 aromatic heterocycles. The van der Waals surface area contributed by atoms with Crippen LogP contribution in [0.3, 0.4) is 0 Å². The van der Waals surface area contributed by atoms with E-state index in [1.54, 1.807) is 0 Å². The van der Waals surface area contributed by atoms with Gasteiger partial charge in [-0.2, -0.15) is 0 Å². The van der Waals surface area contributed by atoms with Gasteiger partial charge in [0.25, 0.3) is 0 Å². The standard InChI is InChI=1S/C56H32S2/c1-2-12-39-33(10-1)11-9-18-40(39)54-43-15-5-3-13-41(43)53(42-14-4-6-16-44(42)54)38-23-22-34-30-35(20-21-36(34)31-38)37-24-25-48-52(32-37)58-51-29-27-45-46(56(48)51)26-28-50-55(45)47-17-7-8-19-49(47)57-50/h1-32H. The third-order valence-corrected chi connectivity index (χ3v) is 14.7. The summed E-state index contributed by atoms with van der Waals surface area (Å²) >= 11 is 3.79. The number of hydrogen-bond acceptors (Lipinski definition) is 2. The van der Waals surface area contributed by atoms with E-state index in [0.717, 1.165) is 0 Å². The van der Waals surface area contributed by atoms with E-state index < -0.39 is 0 Å². The molecular formula is C56H32S2. The normalized spacial score (nSPS) is 12.1. The zero-order valence-electron chi connectivity index (χ0n) is 31.3. The van der Waals surface area contributed by atoms with Crippen molar-refractivity contribution in [3.8, 4) is 33.4 Å². The lowest BCUT2D eigenvalue weighted by Crippen LogP contribution is -1.91. The molecule has 0 aliphatic rings. The summed E-state index contributed by atoms with van der Waals surface area (Å²) in [5, 5.41) is 18.3. The fraction of sp³-hybridized carbons (Fsp3) is 0.